The van der Waals surface area contributed by atoms with Gasteiger partial charge >= 0.3 is 0 Å². The summed E-state index contributed by atoms with van der Waals surface area (Å²) >= 11 is 0. The maximum atomic E-state index is 14.9. The van der Waals surface area contributed by atoms with Gasteiger partial charge in [0.25, 0.3) is 23.6 Å². The maximum Gasteiger partial charge on any atom is 0.259 e. The highest BCUT2D eigenvalue weighted by Gasteiger charge is 2.32. The molecule has 4 aliphatic rings. The molecule has 0 aliphatic heterocycles. The second kappa shape index (κ2) is 37.8. The predicted octanol–water partition coefficient (Wildman–Crippen LogP) is 21.2. The number of carbonyl (C=O) groups excluding carboxylic acids is 4. The average Bonchev–Trinajstić information content (AvgIpc) is 1.52. The highest BCUT2D eigenvalue weighted by molar-refractivity contribution is 6.07. The number of hydrogen-bond donors (Lipinski definition) is 4. The number of anilines is 4. The third-order valence-electron chi connectivity index (χ3n) is 22.6. The lowest BCUT2D eigenvalue weighted by molar-refractivity contribution is 0.101. The number of halogens is 4. The lowest BCUT2D eigenvalue weighted by Crippen LogP contribution is -2.16. The van der Waals surface area contributed by atoms with Gasteiger partial charge in [-0.3, -0.25) is 19.2 Å². The van der Waals surface area contributed by atoms with Crippen LogP contribution in [-0.4, -0.2) is 120 Å². The lowest BCUT2D eigenvalue weighted by atomic mass is 10.1. The van der Waals surface area contributed by atoms with E-state index >= 15 is 0 Å². The molecule has 132 heavy (non-hydrogen) atoms. The molecule has 4 aliphatic carbocycles. The van der Waals surface area contributed by atoms with Crippen molar-refractivity contribution >= 4 is 46.9 Å². The van der Waals surface area contributed by atoms with E-state index in [1.165, 1.54) is 100 Å². The first-order chi connectivity index (χ1) is 68.4. The van der Waals surface area contributed by atoms with Gasteiger partial charge in [0, 0.05) is 136 Å². The number of benzene rings is 4. The number of aryl methyl sites for hydroxylation is 4. The monoisotopic (exact) mass is 1790 g/mol. The van der Waals surface area contributed by atoms with Gasteiger partial charge in [-0.25, -0.2) is 77.4 Å². The summed E-state index contributed by atoms with van der Waals surface area (Å²) in [7, 11) is 0. The Balaban J connectivity index is 0.000000132. The molecule has 4 saturated carbocycles. The van der Waals surface area contributed by atoms with Crippen molar-refractivity contribution < 1.29 is 53.2 Å². The fraction of sp³-hybridized carbons (Fsp3) is 0.280. The molecule has 12 aromatic heterocycles. The number of imidazole rings is 8. The van der Waals surface area contributed by atoms with Crippen LogP contribution in [0.1, 0.15) is 257 Å². The van der Waals surface area contributed by atoms with Crippen LogP contribution < -0.4 is 21.3 Å². The average molecular weight is 1790 g/mol. The van der Waals surface area contributed by atoms with Crippen molar-refractivity contribution in [2.75, 3.05) is 21.3 Å². The zero-order valence-corrected chi connectivity index (χ0v) is 73.6. The van der Waals surface area contributed by atoms with Crippen LogP contribution in [0.5, 0.6) is 0 Å². The van der Waals surface area contributed by atoms with Crippen LogP contribution in [0, 0.1) is 51.0 Å². The Hall–Kier alpha value is -15.2. The molecular formula is C100H100F4N24O4. The smallest absolute Gasteiger partial charge is 0.259 e. The summed E-state index contributed by atoms with van der Waals surface area (Å²) in [5.41, 5.74) is 9.26. The van der Waals surface area contributed by atoms with Crippen LogP contribution in [0.25, 0.3) is 68.8 Å². The van der Waals surface area contributed by atoms with Gasteiger partial charge in [0.1, 0.15) is 69.3 Å². The molecule has 672 valence electrons. The quantitative estimate of drug-likeness (QED) is 0.0409. The van der Waals surface area contributed by atoms with Crippen LogP contribution in [-0.2, 0) is 0 Å². The third kappa shape index (κ3) is 20.0. The van der Waals surface area contributed by atoms with Crippen LogP contribution in [0.4, 0.5) is 40.8 Å². The van der Waals surface area contributed by atoms with E-state index in [-0.39, 0.29) is 81.1 Å². The second-order valence-electron chi connectivity index (χ2n) is 33.3. The fourth-order valence-corrected chi connectivity index (χ4v) is 15.1. The van der Waals surface area contributed by atoms with E-state index in [4.69, 9.17) is 16.4 Å². The van der Waals surface area contributed by atoms with Crippen molar-refractivity contribution in [2.24, 2.45) is 0 Å². The van der Waals surface area contributed by atoms with Crippen molar-refractivity contribution in [2.45, 2.75) is 182 Å². The van der Waals surface area contributed by atoms with Crippen molar-refractivity contribution in [1.82, 2.24) is 96.3 Å². The van der Waals surface area contributed by atoms with Crippen molar-refractivity contribution in [3.8, 4) is 68.8 Å². The minimum atomic E-state index is -2.32. The third-order valence-corrected chi connectivity index (χ3v) is 22.6. The Morgan fingerprint density at radius 3 is 0.902 bits per heavy atom. The van der Waals surface area contributed by atoms with E-state index in [1.807, 2.05) is 76.1 Å². The molecule has 0 spiro atoms. The summed E-state index contributed by atoms with van der Waals surface area (Å²) in [6.45, 7) is 13.7. The van der Waals surface area contributed by atoms with Gasteiger partial charge in [0.2, 0.25) is 0 Å². The van der Waals surface area contributed by atoms with Gasteiger partial charge in [0.05, 0.1) is 95.8 Å². The molecule has 2 unspecified atom stereocenters. The summed E-state index contributed by atoms with van der Waals surface area (Å²) in [6.07, 6.45) is 29.5. The van der Waals surface area contributed by atoms with Gasteiger partial charge in [0.15, 0.2) is 23.3 Å². The Kier molecular flexibility index (Phi) is 21.4. The largest absolute Gasteiger partial charge is 0.327 e. The molecule has 12 heterocycles. The molecule has 32 heteroatoms. The number of nitrogens with zero attached hydrogens (tertiary/aromatic N) is 20. The molecule has 20 rings (SSSR count). The minimum absolute atomic E-state index is 0.0480. The number of hydrogen-bond acceptors (Lipinski definition) is 16. The number of nitrogens with one attached hydrogen (secondary N) is 4. The molecule has 28 nitrogen and oxygen atoms in total. The van der Waals surface area contributed by atoms with E-state index < -0.39 is 91.3 Å². The number of rotatable bonds is 24. The first kappa shape index (κ1) is 74.7. The normalized spacial score (nSPS) is 16.2. The molecule has 0 radical (unpaired) electrons. The highest BCUT2D eigenvalue weighted by Crippen LogP contribution is 2.43. The Morgan fingerprint density at radius 2 is 0.629 bits per heavy atom. The zero-order chi connectivity index (χ0) is 103. The molecular weight excluding hydrogens is 1680 g/mol. The summed E-state index contributed by atoms with van der Waals surface area (Å²) < 4.78 is 167. The molecule has 16 aromatic rings. The Bertz CT molecular complexity index is 7570. The number of pyridine rings is 4. The molecule has 4 fully saturated rings. The summed E-state index contributed by atoms with van der Waals surface area (Å²) in [5, 5.41) is 10.5. The fourth-order valence-electron chi connectivity index (χ4n) is 15.1. The minimum Gasteiger partial charge on any atom is -0.327 e. The standard InChI is InChI=1S/4C25H25FN6O/c4*1-15(2)32-10-9-27-24(32)20-5-4-6-23(29-20)30-25(33)18-12-22(16(3)11-19(18)26)31-13-21(28-14-31)17-7-8-17/h4*4-6,9-15,17H,7-8H2,1-3H3,(H,29,30,33)/i1D3,4D,6D;7D2,8D2;1D3;. The zero-order valence-electron chi connectivity index (χ0n) is 85.6. The SMILES string of the molecule is Cc1cc(F)c(C(=O)Nc2cccc(-c3nccn3C(C)C)n2)cc1-n1cnc(C2CC2)c1.[2H]C([2H])([2H])C(C)n1ccnc1-c1cccc(NC(=O)c2cc(-n3cnc(C4CC4)c3)c(C)cc2F)n1.[2H]C1([2H])C(c2cn(-c3cc(C(=O)Nc4cccc(-c5nccn5C(C)C)n4)c(F)cc3C)cn2)C1([2H])[2H].[2H]c1cc(-c2nccn2C(C)C([2H])([2H])[2H])nc(NC(=O)c2cc(-n3cnc(C4CC4)c3)c(C)cc2F)c1[2H]. The van der Waals surface area contributed by atoms with E-state index in [2.05, 4.69) is 94.9 Å². The van der Waals surface area contributed by atoms with E-state index in [0.717, 1.165) is 66.9 Å². The predicted molar refractivity (Wildman–Crippen MR) is 496 cm³/mol. The molecule has 2 atom stereocenters. The van der Waals surface area contributed by atoms with Gasteiger partial charge in [-0.15, -0.1) is 0 Å². The highest BCUT2D eigenvalue weighted by atomic mass is 19.1. The van der Waals surface area contributed by atoms with Crippen LogP contribution in [0.2, 0.25) is 0 Å². The Labute approximate surface area is 776 Å². The molecule has 0 saturated heterocycles. The van der Waals surface area contributed by atoms with Gasteiger partial charge in [-0.05, 0) is 254 Å². The summed E-state index contributed by atoms with van der Waals surface area (Å²) in [6, 6.07) is 25.7. The van der Waals surface area contributed by atoms with Crippen molar-refractivity contribution in [3.05, 3.63) is 312 Å². The van der Waals surface area contributed by atoms with E-state index in [9.17, 15) is 36.7 Å². The molecule has 4 aromatic carbocycles. The van der Waals surface area contributed by atoms with Crippen LogP contribution >= 0.6 is 0 Å². The number of carbonyl (C=O) groups is 4. The second-order valence-corrected chi connectivity index (χ2v) is 33.3. The first-order valence-corrected chi connectivity index (χ1v) is 43.0. The first-order valence-electron chi connectivity index (χ1n) is 49.0. The van der Waals surface area contributed by atoms with Crippen LogP contribution in [0.15, 0.2) is 221 Å². The lowest BCUT2D eigenvalue weighted by Gasteiger charge is -2.13. The number of amides is 4. The van der Waals surface area contributed by atoms with E-state index in [0.29, 0.717) is 91.9 Å². The van der Waals surface area contributed by atoms with Gasteiger partial charge in [-0.2, -0.15) is 0 Å². The summed E-state index contributed by atoms with van der Waals surface area (Å²) in [5.74, 6) is -2.64. The van der Waals surface area contributed by atoms with Crippen molar-refractivity contribution in [1.29, 1.82) is 0 Å². The number of aromatic nitrogens is 20. The summed E-state index contributed by atoms with van der Waals surface area (Å²) in [4.78, 5) is 105. The maximum absolute atomic E-state index is 14.9. The van der Waals surface area contributed by atoms with Gasteiger partial charge in [-0.1, -0.05) is 24.2 Å². The van der Waals surface area contributed by atoms with Crippen molar-refractivity contribution in [3.63, 3.8) is 0 Å². The van der Waals surface area contributed by atoms with Gasteiger partial charge < -0.3 is 57.8 Å². The van der Waals surface area contributed by atoms with Crippen LogP contribution in [0.3, 0.4) is 0 Å². The molecule has 4 N–H and O–H groups in total. The molecule has 0 bridgehead atoms. The topological polar surface area (TPSA) is 311 Å². The van der Waals surface area contributed by atoms with E-state index in [1.54, 1.807) is 124 Å². The molecule has 4 amide bonds. The Morgan fingerprint density at radius 1 is 0.364 bits per heavy atom.